The highest BCUT2D eigenvalue weighted by atomic mass is 15.2. The summed E-state index contributed by atoms with van der Waals surface area (Å²) in [5, 5.41) is 8.08. The van der Waals surface area contributed by atoms with Gasteiger partial charge in [0.15, 0.2) is 0 Å². The lowest BCUT2D eigenvalue weighted by Crippen LogP contribution is -2.36. The maximum Gasteiger partial charge on any atom is 0.0992 e. The summed E-state index contributed by atoms with van der Waals surface area (Å²) < 4.78 is 0. The minimum absolute atomic E-state index is 0.652. The van der Waals surface area contributed by atoms with Crippen LogP contribution < -0.4 is 0 Å². The van der Waals surface area contributed by atoms with Crippen molar-refractivity contribution in [2.24, 2.45) is 11.8 Å². The third-order valence-corrected chi connectivity index (χ3v) is 4.03. The summed E-state index contributed by atoms with van der Waals surface area (Å²) in [7, 11) is 0. The van der Waals surface area contributed by atoms with Crippen LogP contribution in [0.15, 0.2) is 0 Å². The van der Waals surface area contributed by atoms with Crippen molar-refractivity contribution in [3.05, 3.63) is 0 Å². The summed E-state index contributed by atoms with van der Waals surface area (Å²) in [5.41, 5.74) is 0. The van der Waals surface area contributed by atoms with E-state index in [-0.39, 0.29) is 0 Å². The minimum Gasteiger partial charge on any atom is -0.357 e. The van der Waals surface area contributed by atoms with Crippen molar-refractivity contribution in [3.63, 3.8) is 0 Å². The van der Waals surface area contributed by atoms with Gasteiger partial charge in [-0.25, -0.2) is 0 Å². The van der Waals surface area contributed by atoms with Gasteiger partial charge in [-0.1, -0.05) is 6.42 Å². The molecule has 13 heavy (non-hydrogen) atoms. The molecule has 0 bridgehead atoms. The molecule has 2 unspecified atom stereocenters. The van der Waals surface area contributed by atoms with E-state index in [0.29, 0.717) is 5.92 Å². The van der Waals surface area contributed by atoms with Gasteiger partial charge in [-0.15, -0.1) is 0 Å². The summed E-state index contributed by atoms with van der Waals surface area (Å²) in [5.74, 6) is 2.58. The molecule has 0 aromatic heterocycles. The number of hydrogen-bond donors (Lipinski definition) is 1. The maximum atomic E-state index is 8.08. The number of nitrogens with zero attached hydrogens (tertiary/aromatic N) is 1. The zero-order valence-corrected chi connectivity index (χ0v) is 8.13. The largest absolute Gasteiger partial charge is 0.357 e. The molecule has 1 N–H and O–H groups in total. The second kappa shape index (κ2) is 2.73. The lowest BCUT2D eigenvalue weighted by Gasteiger charge is -2.26. The summed E-state index contributed by atoms with van der Waals surface area (Å²) in [6.45, 7) is 1.19. The van der Waals surface area contributed by atoms with Gasteiger partial charge in [0.25, 0.3) is 0 Å². The van der Waals surface area contributed by atoms with E-state index in [1.807, 2.05) is 0 Å². The first-order chi connectivity index (χ1) is 6.36. The van der Waals surface area contributed by atoms with E-state index in [1.165, 1.54) is 45.1 Å². The quantitative estimate of drug-likeness (QED) is 0.484. The first kappa shape index (κ1) is 7.84. The SMILES string of the molecule is N=C(C1CC1)N1CCC2CCCC21. The van der Waals surface area contributed by atoms with E-state index in [0.717, 1.165) is 17.8 Å². The topological polar surface area (TPSA) is 27.1 Å². The Morgan fingerprint density at radius 3 is 2.69 bits per heavy atom. The summed E-state index contributed by atoms with van der Waals surface area (Å²) >= 11 is 0. The monoisotopic (exact) mass is 178 g/mol. The lowest BCUT2D eigenvalue weighted by molar-refractivity contribution is 0.354. The third kappa shape index (κ3) is 1.18. The molecule has 0 spiro atoms. The standard InChI is InChI=1S/C11H18N2/c12-11(9-4-5-9)13-7-6-8-2-1-3-10(8)13/h8-10,12H,1-7H2. The zero-order valence-electron chi connectivity index (χ0n) is 8.13. The molecule has 72 valence electrons. The van der Waals surface area contributed by atoms with Crippen LogP contribution in [-0.4, -0.2) is 23.3 Å². The fraction of sp³-hybridized carbons (Fsp3) is 0.909. The molecule has 0 amide bonds. The number of rotatable bonds is 1. The van der Waals surface area contributed by atoms with Crippen molar-refractivity contribution in [2.75, 3.05) is 6.54 Å². The Kier molecular flexibility index (Phi) is 1.64. The Labute approximate surface area is 79.8 Å². The number of fused-ring (bicyclic) bond motifs is 1. The maximum absolute atomic E-state index is 8.08. The van der Waals surface area contributed by atoms with Crippen molar-refractivity contribution >= 4 is 5.84 Å². The van der Waals surface area contributed by atoms with Crippen LogP contribution >= 0.6 is 0 Å². The van der Waals surface area contributed by atoms with Crippen LogP contribution in [0.5, 0.6) is 0 Å². The third-order valence-electron chi connectivity index (χ3n) is 4.03. The average molecular weight is 178 g/mol. The predicted molar refractivity (Wildman–Crippen MR) is 52.9 cm³/mol. The van der Waals surface area contributed by atoms with Crippen LogP contribution in [0.3, 0.4) is 0 Å². The van der Waals surface area contributed by atoms with Gasteiger partial charge in [0.2, 0.25) is 0 Å². The number of nitrogens with one attached hydrogen (secondary N) is 1. The fourth-order valence-corrected chi connectivity index (χ4v) is 3.13. The van der Waals surface area contributed by atoms with Gasteiger partial charge in [0, 0.05) is 18.5 Å². The van der Waals surface area contributed by atoms with Crippen LogP contribution in [0.2, 0.25) is 0 Å². The number of likely N-dealkylation sites (tertiary alicyclic amines) is 1. The second-order valence-corrected chi connectivity index (χ2v) is 4.90. The van der Waals surface area contributed by atoms with Crippen molar-refractivity contribution < 1.29 is 0 Å². The molecule has 0 aromatic rings. The lowest BCUT2D eigenvalue weighted by atomic mass is 10.0. The number of amidine groups is 1. The molecule has 2 atom stereocenters. The Morgan fingerprint density at radius 2 is 1.92 bits per heavy atom. The van der Waals surface area contributed by atoms with Crippen LogP contribution in [0.1, 0.15) is 38.5 Å². The van der Waals surface area contributed by atoms with E-state index >= 15 is 0 Å². The van der Waals surface area contributed by atoms with Crippen molar-refractivity contribution in [3.8, 4) is 0 Å². The van der Waals surface area contributed by atoms with E-state index in [1.54, 1.807) is 0 Å². The molecule has 2 heteroatoms. The van der Waals surface area contributed by atoms with Crippen molar-refractivity contribution in [1.29, 1.82) is 5.41 Å². The molecule has 1 saturated heterocycles. The number of hydrogen-bond acceptors (Lipinski definition) is 1. The van der Waals surface area contributed by atoms with E-state index in [4.69, 9.17) is 5.41 Å². The van der Waals surface area contributed by atoms with Gasteiger partial charge in [0.05, 0.1) is 5.84 Å². The Hall–Kier alpha value is -0.530. The first-order valence-corrected chi connectivity index (χ1v) is 5.71. The van der Waals surface area contributed by atoms with Crippen LogP contribution in [0.4, 0.5) is 0 Å². The molecule has 3 fully saturated rings. The molecule has 0 aromatic carbocycles. The smallest absolute Gasteiger partial charge is 0.0992 e. The molecule has 2 saturated carbocycles. The van der Waals surface area contributed by atoms with Crippen LogP contribution in [0, 0.1) is 17.2 Å². The highest BCUT2D eigenvalue weighted by Crippen LogP contribution is 2.41. The van der Waals surface area contributed by atoms with Gasteiger partial charge in [-0.3, -0.25) is 5.41 Å². The molecule has 2 aliphatic carbocycles. The average Bonchev–Trinajstić information content (AvgIpc) is 2.73. The fourth-order valence-electron chi connectivity index (χ4n) is 3.13. The molecular weight excluding hydrogens is 160 g/mol. The van der Waals surface area contributed by atoms with Crippen LogP contribution in [-0.2, 0) is 0 Å². The molecule has 3 rings (SSSR count). The van der Waals surface area contributed by atoms with Gasteiger partial charge in [-0.05, 0) is 38.0 Å². The highest BCUT2D eigenvalue weighted by molar-refractivity contribution is 5.84. The summed E-state index contributed by atoms with van der Waals surface area (Å²) in [4.78, 5) is 2.43. The van der Waals surface area contributed by atoms with Gasteiger partial charge in [0.1, 0.15) is 0 Å². The highest BCUT2D eigenvalue weighted by Gasteiger charge is 2.41. The Bertz CT molecular complexity index is 232. The van der Waals surface area contributed by atoms with Gasteiger partial charge in [-0.2, -0.15) is 0 Å². The summed E-state index contributed by atoms with van der Waals surface area (Å²) in [6.07, 6.45) is 8.13. The molecule has 0 radical (unpaired) electrons. The first-order valence-electron chi connectivity index (χ1n) is 5.71. The molecular formula is C11H18N2. The van der Waals surface area contributed by atoms with Gasteiger partial charge < -0.3 is 4.90 Å². The van der Waals surface area contributed by atoms with Gasteiger partial charge >= 0.3 is 0 Å². The minimum atomic E-state index is 0.652. The van der Waals surface area contributed by atoms with Crippen LogP contribution in [0.25, 0.3) is 0 Å². The molecule has 1 aliphatic heterocycles. The molecule has 1 heterocycles. The van der Waals surface area contributed by atoms with Crippen molar-refractivity contribution in [1.82, 2.24) is 4.90 Å². The molecule has 3 aliphatic rings. The van der Waals surface area contributed by atoms with E-state index in [9.17, 15) is 0 Å². The van der Waals surface area contributed by atoms with E-state index in [2.05, 4.69) is 4.90 Å². The second-order valence-electron chi connectivity index (χ2n) is 4.90. The molecule has 2 nitrogen and oxygen atoms in total. The summed E-state index contributed by atoms with van der Waals surface area (Å²) in [6, 6.07) is 0.771. The Morgan fingerprint density at radius 1 is 1.08 bits per heavy atom. The Balaban J connectivity index is 1.73. The van der Waals surface area contributed by atoms with E-state index < -0.39 is 0 Å². The zero-order chi connectivity index (χ0) is 8.84. The normalized spacial score (nSPS) is 38.0. The predicted octanol–water partition coefficient (Wildman–Crippen LogP) is 2.25. The van der Waals surface area contributed by atoms with Crippen molar-refractivity contribution in [2.45, 2.75) is 44.6 Å².